The number of piperidine rings is 1. The molecule has 0 aromatic heterocycles. The zero-order valence-corrected chi connectivity index (χ0v) is 8.71. The molecule has 0 aromatic rings. The van der Waals surface area contributed by atoms with Crippen molar-refractivity contribution in [2.24, 2.45) is 0 Å². The Morgan fingerprint density at radius 1 is 1.43 bits per heavy atom. The van der Waals surface area contributed by atoms with E-state index in [9.17, 15) is 0 Å². The monoisotopic (exact) mass is 192 g/mol. The number of nitrogens with zero attached hydrogens (tertiary/aromatic N) is 1. The predicted octanol–water partition coefficient (Wildman–Crippen LogP) is 0.474. The molecule has 2 rings (SSSR count). The zero-order valence-electron chi connectivity index (χ0n) is 8.71. The molecule has 0 aromatic carbocycles. The number of rotatable bonds is 2. The maximum Gasteiger partial charge on any atom is 0.102 e. The van der Waals surface area contributed by atoms with Crippen LogP contribution in [0, 0.1) is 6.08 Å². The van der Waals surface area contributed by atoms with E-state index >= 15 is 0 Å². The van der Waals surface area contributed by atoms with Gasteiger partial charge in [0.05, 0.1) is 0 Å². The van der Waals surface area contributed by atoms with Crippen LogP contribution < -0.4 is 10.6 Å². The van der Waals surface area contributed by atoms with Crippen LogP contribution in [0.3, 0.4) is 0 Å². The van der Waals surface area contributed by atoms with E-state index < -0.39 is 0 Å². The fraction of sp³-hybridized carbons (Fsp3) is 0.636. The van der Waals surface area contributed by atoms with Gasteiger partial charge in [0.15, 0.2) is 0 Å². The second-order valence-corrected chi connectivity index (χ2v) is 3.87. The van der Waals surface area contributed by atoms with E-state index in [1.54, 1.807) is 0 Å². The first-order valence-electron chi connectivity index (χ1n) is 5.32. The Bertz CT molecular complexity index is 239. The Hall–Kier alpha value is -0.960. The van der Waals surface area contributed by atoms with Gasteiger partial charge in [0, 0.05) is 19.6 Å². The summed E-state index contributed by atoms with van der Waals surface area (Å²) in [5.74, 6) is 1.23. The Kier molecular flexibility index (Phi) is 3.09. The van der Waals surface area contributed by atoms with Crippen LogP contribution in [0.2, 0.25) is 0 Å². The van der Waals surface area contributed by atoms with Gasteiger partial charge in [-0.05, 0) is 38.1 Å². The maximum atomic E-state index is 3.39. The molecule has 1 radical (unpaired) electrons. The highest BCUT2D eigenvalue weighted by Crippen LogP contribution is 2.14. The second-order valence-electron chi connectivity index (χ2n) is 3.87. The first-order valence-corrected chi connectivity index (χ1v) is 5.32. The van der Waals surface area contributed by atoms with Crippen LogP contribution in [0.5, 0.6) is 0 Å². The average molecular weight is 192 g/mol. The molecule has 14 heavy (non-hydrogen) atoms. The molecule has 1 saturated heterocycles. The molecular weight excluding hydrogens is 174 g/mol. The van der Waals surface area contributed by atoms with Crippen LogP contribution in [-0.2, 0) is 0 Å². The molecule has 2 aliphatic heterocycles. The summed E-state index contributed by atoms with van der Waals surface area (Å²) in [6.07, 6.45) is 9.71. The minimum atomic E-state index is 0.682. The topological polar surface area (TPSA) is 27.3 Å². The van der Waals surface area contributed by atoms with E-state index in [0.29, 0.717) is 6.04 Å². The van der Waals surface area contributed by atoms with E-state index in [1.165, 1.54) is 18.7 Å². The summed E-state index contributed by atoms with van der Waals surface area (Å²) < 4.78 is 0. The molecule has 0 atom stereocenters. The fourth-order valence-electron chi connectivity index (χ4n) is 2.03. The lowest BCUT2D eigenvalue weighted by Crippen LogP contribution is -2.43. The van der Waals surface area contributed by atoms with E-state index in [1.807, 2.05) is 6.08 Å². The van der Waals surface area contributed by atoms with Crippen molar-refractivity contribution >= 4 is 0 Å². The Balaban J connectivity index is 1.95. The van der Waals surface area contributed by atoms with Gasteiger partial charge in [-0.2, -0.15) is 0 Å². The van der Waals surface area contributed by atoms with Crippen molar-refractivity contribution in [3.8, 4) is 0 Å². The molecule has 1 fully saturated rings. The van der Waals surface area contributed by atoms with Gasteiger partial charge in [0.1, 0.15) is 5.82 Å². The Labute approximate surface area is 85.9 Å². The van der Waals surface area contributed by atoms with Crippen molar-refractivity contribution in [1.82, 2.24) is 15.5 Å². The van der Waals surface area contributed by atoms with Crippen molar-refractivity contribution in [1.29, 1.82) is 0 Å². The van der Waals surface area contributed by atoms with Crippen LogP contribution in [0.4, 0.5) is 0 Å². The summed E-state index contributed by atoms with van der Waals surface area (Å²) in [7, 11) is 2.17. The van der Waals surface area contributed by atoms with Gasteiger partial charge in [0.25, 0.3) is 0 Å². The van der Waals surface area contributed by atoms with E-state index in [2.05, 4.69) is 34.7 Å². The number of hydrogen-bond acceptors (Lipinski definition) is 3. The summed E-state index contributed by atoms with van der Waals surface area (Å²) in [5, 5.41) is 6.73. The minimum Gasteiger partial charge on any atom is -0.368 e. The third-order valence-electron chi connectivity index (χ3n) is 2.97. The predicted molar refractivity (Wildman–Crippen MR) is 57.6 cm³/mol. The number of hydrogen-bond donors (Lipinski definition) is 2. The summed E-state index contributed by atoms with van der Waals surface area (Å²) >= 11 is 0. The summed E-state index contributed by atoms with van der Waals surface area (Å²) in [6, 6.07) is 0.682. The van der Waals surface area contributed by atoms with E-state index in [4.69, 9.17) is 0 Å². The van der Waals surface area contributed by atoms with Crippen LogP contribution in [0.15, 0.2) is 18.0 Å². The van der Waals surface area contributed by atoms with Gasteiger partial charge < -0.3 is 15.5 Å². The van der Waals surface area contributed by atoms with Crippen LogP contribution in [-0.4, -0.2) is 37.6 Å². The third-order valence-corrected chi connectivity index (χ3v) is 2.97. The highest BCUT2D eigenvalue weighted by atomic mass is 15.2. The number of nitrogens with one attached hydrogen (secondary N) is 2. The third kappa shape index (κ3) is 2.10. The highest BCUT2D eigenvalue weighted by molar-refractivity contribution is 5.13. The molecule has 77 valence electrons. The van der Waals surface area contributed by atoms with Gasteiger partial charge in [0.2, 0.25) is 0 Å². The van der Waals surface area contributed by atoms with E-state index in [-0.39, 0.29) is 0 Å². The lowest BCUT2D eigenvalue weighted by atomic mass is 10.1. The van der Waals surface area contributed by atoms with Gasteiger partial charge in [-0.15, -0.1) is 0 Å². The quantitative estimate of drug-likeness (QED) is 0.666. The lowest BCUT2D eigenvalue weighted by molar-refractivity contribution is 0.232. The molecule has 0 spiro atoms. The summed E-state index contributed by atoms with van der Waals surface area (Å²) in [4.78, 5) is 2.36. The molecular formula is C11H18N3. The van der Waals surface area contributed by atoms with Crippen molar-refractivity contribution in [3.05, 3.63) is 24.0 Å². The molecule has 0 amide bonds. The largest absolute Gasteiger partial charge is 0.368 e. The van der Waals surface area contributed by atoms with Gasteiger partial charge in [-0.1, -0.05) is 6.08 Å². The van der Waals surface area contributed by atoms with Crippen LogP contribution >= 0.6 is 0 Å². The van der Waals surface area contributed by atoms with Crippen molar-refractivity contribution in [2.75, 3.05) is 26.7 Å². The Morgan fingerprint density at radius 3 is 2.86 bits per heavy atom. The molecule has 0 bridgehead atoms. The molecule has 0 saturated carbocycles. The van der Waals surface area contributed by atoms with Crippen molar-refractivity contribution in [2.45, 2.75) is 18.9 Å². The zero-order chi connectivity index (χ0) is 9.80. The number of allylic oxidation sites excluding steroid dienone is 2. The fourth-order valence-corrected chi connectivity index (χ4v) is 2.03. The van der Waals surface area contributed by atoms with Gasteiger partial charge in [-0.3, -0.25) is 0 Å². The van der Waals surface area contributed by atoms with Crippen molar-refractivity contribution in [3.63, 3.8) is 0 Å². The standard InChI is InChI=1S/C11H18N3/c1-14(10-5-8-12-9-6-10)11-4-2-3-7-13-11/h2,4,10,12-13H,5-9H2,1H3. The molecule has 0 unspecified atom stereocenters. The molecule has 3 nitrogen and oxygen atoms in total. The SMILES string of the molecule is CN(C1=CC=[C]CN1)C1CCNCC1. The lowest BCUT2D eigenvalue weighted by Gasteiger charge is -2.35. The highest BCUT2D eigenvalue weighted by Gasteiger charge is 2.19. The number of dihydropyridines is 1. The normalized spacial score (nSPS) is 22.8. The first kappa shape index (κ1) is 9.59. The molecule has 3 heteroatoms. The maximum absolute atomic E-state index is 3.39. The second kappa shape index (κ2) is 4.51. The summed E-state index contributed by atoms with van der Waals surface area (Å²) in [6.45, 7) is 3.12. The first-order chi connectivity index (χ1) is 6.88. The van der Waals surface area contributed by atoms with Crippen LogP contribution in [0.1, 0.15) is 12.8 Å². The van der Waals surface area contributed by atoms with Crippen LogP contribution in [0.25, 0.3) is 0 Å². The molecule has 0 aliphatic carbocycles. The molecule has 2 aliphatic rings. The summed E-state index contributed by atoms with van der Waals surface area (Å²) in [5.41, 5.74) is 0. The molecule has 2 N–H and O–H groups in total. The van der Waals surface area contributed by atoms with Gasteiger partial charge in [-0.25, -0.2) is 0 Å². The minimum absolute atomic E-state index is 0.682. The van der Waals surface area contributed by atoms with Crippen molar-refractivity contribution < 1.29 is 0 Å². The Morgan fingerprint density at radius 2 is 2.21 bits per heavy atom. The van der Waals surface area contributed by atoms with Gasteiger partial charge >= 0.3 is 0 Å². The smallest absolute Gasteiger partial charge is 0.102 e. The molecule has 2 heterocycles. The average Bonchev–Trinajstić information content (AvgIpc) is 2.30. The van der Waals surface area contributed by atoms with E-state index in [0.717, 1.165) is 19.6 Å².